The maximum absolute atomic E-state index is 12.5. The van der Waals surface area contributed by atoms with Gasteiger partial charge in [-0.15, -0.1) is 11.8 Å². The first-order valence-corrected chi connectivity index (χ1v) is 9.70. The Balaban J connectivity index is 1.65. The minimum absolute atomic E-state index is 0.0695. The van der Waals surface area contributed by atoms with Gasteiger partial charge in [0.2, 0.25) is 5.91 Å². The molecule has 0 saturated heterocycles. The zero-order valence-corrected chi connectivity index (χ0v) is 16.1. The second-order valence-corrected chi connectivity index (χ2v) is 7.00. The third-order valence-corrected chi connectivity index (χ3v) is 4.93. The third-order valence-electron chi connectivity index (χ3n) is 3.84. The fourth-order valence-corrected chi connectivity index (χ4v) is 3.25. The Morgan fingerprint density at radius 3 is 2.21 bits per heavy atom. The molecular formula is C22H18N2O4S. The SMILES string of the molecule is NC(=O)CSc1ccccc1C(=O)Oc1ccc(NC(=O)c2ccccc2)cc1. The first-order chi connectivity index (χ1) is 14.0. The van der Waals surface area contributed by atoms with E-state index in [0.717, 1.165) is 0 Å². The van der Waals surface area contributed by atoms with E-state index in [-0.39, 0.29) is 11.7 Å². The second-order valence-electron chi connectivity index (χ2n) is 5.99. The lowest BCUT2D eigenvalue weighted by molar-refractivity contribution is -0.115. The molecule has 0 bridgehead atoms. The number of hydrogen-bond acceptors (Lipinski definition) is 5. The van der Waals surface area contributed by atoms with E-state index < -0.39 is 11.9 Å². The van der Waals surface area contributed by atoms with Crippen molar-refractivity contribution in [3.63, 3.8) is 0 Å². The molecule has 3 aromatic carbocycles. The standard InChI is InChI=1S/C22H18N2O4S/c23-20(25)14-29-19-9-5-4-8-18(19)22(27)28-17-12-10-16(11-13-17)24-21(26)15-6-2-1-3-7-15/h1-13H,14H2,(H2,23,25)(H,24,26). The van der Waals surface area contributed by atoms with E-state index in [4.69, 9.17) is 10.5 Å². The molecule has 0 aliphatic rings. The number of anilines is 1. The number of primary amides is 1. The minimum Gasteiger partial charge on any atom is -0.423 e. The van der Waals surface area contributed by atoms with Crippen LogP contribution in [-0.4, -0.2) is 23.5 Å². The number of amides is 2. The van der Waals surface area contributed by atoms with E-state index in [1.54, 1.807) is 72.8 Å². The highest BCUT2D eigenvalue weighted by atomic mass is 32.2. The molecule has 2 amide bonds. The van der Waals surface area contributed by atoms with Crippen LogP contribution in [0.4, 0.5) is 5.69 Å². The fraction of sp³-hybridized carbons (Fsp3) is 0.0455. The van der Waals surface area contributed by atoms with Crippen molar-refractivity contribution in [2.24, 2.45) is 5.73 Å². The number of nitrogens with one attached hydrogen (secondary N) is 1. The molecule has 0 spiro atoms. The predicted octanol–water partition coefficient (Wildman–Crippen LogP) is 3.74. The molecule has 3 rings (SSSR count). The van der Waals surface area contributed by atoms with E-state index in [9.17, 15) is 14.4 Å². The monoisotopic (exact) mass is 406 g/mol. The van der Waals surface area contributed by atoms with Crippen molar-refractivity contribution in [3.8, 4) is 5.75 Å². The lowest BCUT2D eigenvalue weighted by atomic mass is 10.2. The van der Waals surface area contributed by atoms with Crippen molar-refractivity contribution >= 4 is 35.2 Å². The van der Waals surface area contributed by atoms with Crippen molar-refractivity contribution in [3.05, 3.63) is 90.0 Å². The van der Waals surface area contributed by atoms with Crippen LogP contribution in [0.15, 0.2) is 83.8 Å². The fourth-order valence-electron chi connectivity index (χ4n) is 2.47. The Hall–Kier alpha value is -3.58. The highest BCUT2D eigenvalue weighted by Gasteiger charge is 2.14. The summed E-state index contributed by atoms with van der Waals surface area (Å²) < 4.78 is 5.41. The van der Waals surface area contributed by atoms with Gasteiger partial charge in [-0.2, -0.15) is 0 Å². The lowest BCUT2D eigenvalue weighted by Gasteiger charge is -2.09. The summed E-state index contributed by atoms with van der Waals surface area (Å²) in [5, 5.41) is 2.78. The second kappa shape index (κ2) is 9.57. The van der Waals surface area contributed by atoms with Crippen LogP contribution in [0.1, 0.15) is 20.7 Å². The molecular weight excluding hydrogens is 388 g/mol. The summed E-state index contributed by atoms with van der Waals surface area (Å²) in [6, 6.07) is 22.2. The summed E-state index contributed by atoms with van der Waals surface area (Å²) in [4.78, 5) is 36.3. The van der Waals surface area contributed by atoms with Crippen LogP contribution in [0.5, 0.6) is 5.75 Å². The predicted molar refractivity (Wildman–Crippen MR) is 112 cm³/mol. The largest absolute Gasteiger partial charge is 0.423 e. The van der Waals surface area contributed by atoms with Gasteiger partial charge in [0.05, 0.1) is 11.3 Å². The summed E-state index contributed by atoms with van der Waals surface area (Å²) in [6.45, 7) is 0. The first kappa shape index (κ1) is 20.2. The molecule has 29 heavy (non-hydrogen) atoms. The number of ether oxygens (including phenoxy) is 1. The van der Waals surface area contributed by atoms with Crippen molar-refractivity contribution in [2.75, 3.05) is 11.1 Å². The molecule has 0 fully saturated rings. The molecule has 0 atom stereocenters. The number of benzene rings is 3. The quantitative estimate of drug-likeness (QED) is 0.354. The van der Waals surface area contributed by atoms with Gasteiger partial charge in [0.15, 0.2) is 0 Å². The van der Waals surface area contributed by atoms with Gasteiger partial charge in [0.25, 0.3) is 5.91 Å². The van der Waals surface area contributed by atoms with Gasteiger partial charge in [-0.1, -0.05) is 30.3 Å². The number of nitrogens with two attached hydrogens (primary N) is 1. The van der Waals surface area contributed by atoms with Crippen LogP contribution >= 0.6 is 11.8 Å². The molecule has 146 valence electrons. The maximum Gasteiger partial charge on any atom is 0.344 e. The summed E-state index contributed by atoms with van der Waals surface area (Å²) in [6.07, 6.45) is 0. The number of thioether (sulfide) groups is 1. The maximum atomic E-state index is 12.5. The summed E-state index contributed by atoms with van der Waals surface area (Å²) in [7, 11) is 0. The van der Waals surface area contributed by atoms with Crippen molar-refractivity contribution in [1.82, 2.24) is 0 Å². The topological polar surface area (TPSA) is 98.5 Å². The Kier molecular flexibility index (Phi) is 6.65. The number of hydrogen-bond donors (Lipinski definition) is 2. The minimum atomic E-state index is -0.543. The van der Waals surface area contributed by atoms with E-state index in [0.29, 0.717) is 27.5 Å². The third kappa shape index (κ3) is 5.70. The number of esters is 1. The van der Waals surface area contributed by atoms with Gasteiger partial charge in [0, 0.05) is 16.1 Å². The molecule has 3 aromatic rings. The molecule has 6 nitrogen and oxygen atoms in total. The van der Waals surface area contributed by atoms with Crippen LogP contribution in [0, 0.1) is 0 Å². The summed E-state index contributed by atoms with van der Waals surface area (Å²) >= 11 is 1.18. The van der Waals surface area contributed by atoms with Crippen molar-refractivity contribution in [1.29, 1.82) is 0 Å². The molecule has 0 aliphatic carbocycles. The molecule has 0 saturated carbocycles. The number of carbonyl (C=O) groups is 3. The van der Waals surface area contributed by atoms with Crippen LogP contribution in [0.3, 0.4) is 0 Å². The van der Waals surface area contributed by atoms with E-state index >= 15 is 0 Å². The highest BCUT2D eigenvalue weighted by Crippen LogP contribution is 2.24. The molecule has 7 heteroatoms. The van der Waals surface area contributed by atoms with Gasteiger partial charge in [-0.05, 0) is 48.5 Å². The molecule has 0 aliphatic heterocycles. The van der Waals surface area contributed by atoms with Crippen LogP contribution in [0.25, 0.3) is 0 Å². The van der Waals surface area contributed by atoms with Crippen LogP contribution in [-0.2, 0) is 4.79 Å². The number of carbonyl (C=O) groups excluding carboxylic acids is 3. The van der Waals surface area contributed by atoms with Crippen molar-refractivity contribution in [2.45, 2.75) is 4.90 Å². The highest BCUT2D eigenvalue weighted by molar-refractivity contribution is 8.00. The average Bonchev–Trinajstić information content (AvgIpc) is 2.74. The Morgan fingerprint density at radius 1 is 0.862 bits per heavy atom. The summed E-state index contributed by atoms with van der Waals surface area (Å²) in [5.41, 5.74) is 6.65. The smallest absolute Gasteiger partial charge is 0.344 e. The van der Waals surface area contributed by atoms with Gasteiger partial charge in [-0.25, -0.2) is 4.79 Å². The van der Waals surface area contributed by atoms with Crippen LogP contribution < -0.4 is 15.8 Å². The van der Waals surface area contributed by atoms with Crippen LogP contribution in [0.2, 0.25) is 0 Å². The molecule has 0 unspecified atom stereocenters. The molecule has 0 heterocycles. The first-order valence-electron chi connectivity index (χ1n) is 8.72. The van der Waals surface area contributed by atoms with E-state index in [2.05, 4.69) is 5.32 Å². The Labute approximate surface area is 172 Å². The molecule has 0 radical (unpaired) electrons. The van der Waals surface area contributed by atoms with Gasteiger partial charge >= 0.3 is 5.97 Å². The van der Waals surface area contributed by atoms with Crippen molar-refractivity contribution < 1.29 is 19.1 Å². The van der Waals surface area contributed by atoms with Gasteiger partial charge in [-0.3, -0.25) is 9.59 Å². The Morgan fingerprint density at radius 2 is 1.52 bits per heavy atom. The summed E-state index contributed by atoms with van der Waals surface area (Å²) in [5.74, 6) is -0.830. The molecule has 0 aromatic heterocycles. The normalized spacial score (nSPS) is 10.2. The van der Waals surface area contributed by atoms with Gasteiger partial charge in [0.1, 0.15) is 5.75 Å². The zero-order valence-electron chi connectivity index (χ0n) is 15.3. The van der Waals surface area contributed by atoms with Gasteiger partial charge < -0.3 is 15.8 Å². The van der Waals surface area contributed by atoms with E-state index in [1.165, 1.54) is 11.8 Å². The molecule has 3 N–H and O–H groups in total. The average molecular weight is 406 g/mol. The Bertz CT molecular complexity index is 1020. The number of rotatable bonds is 7. The van der Waals surface area contributed by atoms with E-state index in [1.807, 2.05) is 6.07 Å². The zero-order chi connectivity index (χ0) is 20.6. The lowest BCUT2D eigenvalue weighted by Crippen LogP contribution is -2.14.